The fourth-order valence-electron chi connectivity index (χ4n) is 13.6. The lowest BCUT2D eigenvalue weighted by Gasteiger charge is -2.47. The molecule has 3 aromatic rings. The number of hydrogen-bond donors (Lipinski definition) is 5. The molecule has 10 aliphatic rings. The number of ketones is 1. The van der Waals surface area contributed by atoms with Gasteiger partial charge in [0.1, 0.15) is 47.2 Å². The number of carbonyl (C=O) groups excluding carboxylic acids is 2. The van der Waals surface area contributed by atoms with Crippen LogP contribution >= 0.6 is 0 Å². The van der Waals surface area contributed by atoms with Crippen molar-refractivity contribution in [3.63, 3.8) is 0 Å². The van der Waals surface area contributed by atoms with Gasteiger partial charge in [0, 0.05) is 53.6 Å². The van der Waals surface area contributed by atoms with E-state index in [0.717, 1.165) is 101 Å². The molecule has 5 heterocycles. The van der Waals surface area contributed by atoms with Crippen molar-refractivity contribution >= 4 is 40.3 Å². The summed E-state index contributed by atoms with van der Waals surface area (Å²) < 4.78 is 32.9. The van der Waals surface area contributed by atoms with Gasteiger partial charge in [0.25, 0.3) is 5.91 Å². The van der Waals surface area contributed by atoms with E-state index < -0.39 is 54.3 Å². The van der Waals surface area contributed by atoms with Crippen molar-refractivity contribution in [2.45, 2.75) is 131 Å². The Balaban J connectivity index is 1.03. The van der Waals surface area contributed by atoms with Crippen molar-refractivity contribution in [1.29, 1.82) is 0 Å². The first-order valence-corrected chi connectivity index (χ1v) is 25.6. The molecule has 5 N–H and O–H groups in total. The number of carbonyl (C=O) groups is 2. The summed E-state index contributed by atoms with van der Waals surface area (Å²) in [4.78, 5) is 35.9. The van der Waals surface area contributed by atoms with Crippen molar-refractivity contribution in [3.8, 4) is 29.3 Å². The minimum atomic E-state index is -2.47. The van der Waals surface area contributed by atoms with Crippen molar-refractivity contribution in [3.05, 3.63) is 116 Å². The van der Waals surface area contributed by atoms with Crippen LogP contribution in [-0.2, 0) is 33.6 Å². The first-order valence-electron chi connectivity index (χ1n) is 25.6. The van der Waals surface area contributed by atoms with Crippen LogP contribution in [-0.4, -0.2) is 117 Å². The predicted molar refractivity (Wildman–Crippen MR) is 265 cm³/mol. The van der Waals surface area contributed by atoms with Crippen LogP contribution in [0.4, 0.5) is 0 Å². The molecule has 3 fully saturated rings. The zero-order valence-electron chi connectivity index (χ0n) is 40.1. The van der Waals surface area contributed by atoms with Gasteiger partial charge in [-0.05, 0) is 109 Å². The molecule has 5 aliphatic heterocycles. The summed E-state index contributed by atoms with van der Waals surface area (Å²) in [6, 6.07) is 5.37. The summed E-state index contributed by atoms with van der Waals surface area (Å²) in [6.07, 6.45) is 18.3. The van der Waals surface area contributed by atoms with E-state index in [9.17, 15) is 30.3 Å². The fraction of sp³-hybridized carbons (Fsp3) is 0.448. The molecule has 2 saturated carbocycles. The molecule has 370 valence electrons. The first-order chi connectivity index (χ1) is 35.0. The highest BCUT2D eigenvalue weighted by Gasteiger charge is 2.59. The number of aliphatic hydroxyl groups excluding tert-OH is 2. The van der Waals surface area contributed by atoms with E-state index in [4.69, 9.17) is 28.7 Å². The molecule has 8 bridgehead atoms. The average molecular weight is 974 g/mol. The average Bonchev–Trinajstić information content (AvgIpc) is 4.20. The Bertz CT molecular complexity index is 3140. The Labute approximate surface area is 417 Å². The molecule has 8 unspecified atom stereocenters. The maximum Gasteiger partial charge on any atom is 0.254 e. The van der Waals surface area contributed by atoms with Crippen molar-refractivity contribution in [2.75, 3.05) is 26.9 Å². The summed E-state index contributed by atoms with van der Waals surface area (Å²) >= 11 is 0. The van der Waals surface area contributed by atoms with E-state index in [2.05, 4.69) is 24.5 Å². The Hall–Kier alpha value is -6.18. The lowest BCUT2D eigenvalue weighted by atomic mass is 9.69. The van der Waals surface area contributed by atoms with Crippen molar-refractivity contribution in [1.82, 2.24) is 4.90 Å². The van der Waals surface area contributed by atoms with Gasteiger partial charge < -0.3 is 54.1 Å². The lowest BCUT2D eigenvalue weighted by molar-refractivity contribution is -0.327. The molecule has 72 heavy (non-hydrogen) atoms. The van der Waals surface area contributed by atoms with E-state index in [1.807, 2.05) is 24.3 Å². The van der Waals surface area contributed by atoms with Gasteiger partial charge in [-0.15, -0.1) is 0 Å². The summed E-state index contributed by atoms with van der Waals surface area (Å²) in [6.45, 7) is -1.40. The number of benzene rings is 3. The van der Waals surface area contributed by atoms with Gasteiger partial charge >= 0.3 is 0 Å². The number of aryl methyl sites for hydroxylation is 1. The molecule has 3 aromatic carbocycles. The molecule has 1 amide bonds. The molecule has 0 radical (unpaired) electrons. The second kappa shape index (κ2) is 17.2. The van der Waals surface area contributed by atoms with Gasteiger partial charge in [0.05, 0.1) is 60.8 Å². The van der Waals surface area contributed by atoms with Crippen molar-refractivity contribution < 1.29 is 58.8 Å². The topological polar surface area (TPSA) is 197 Å². The molecule has 14 nitrogen and oxygen atoms in total. The van der Waals surface area contributed by atoms with Crippen LogP contribution in [0.5, 0.6) is 17.2 Å². The fourth-order valence-corrected chi connectivity index (χ4v) is 13.6. The van der Waals surface area contributed by atoms with Crippen LogP contribution in [0.2, 0.25) is 0 Å². The maximum atomic E-state index is 15.4. The van der Waals surface area contributed by atoms with Crippen LogP contribution in [0.3, 0.4) is 0 Å². The zero-order chi connectivity index (χ0) is 49.2. The quantitative estimate of drug-likeness (QED) is 0.131. The van der Waals surface area contributed by atoms with Gasteiger partial charge in [-0.3, -0.25) is 9.59 Å². The van der Waals surface area contributed by atoms with Crippen LogP contribution in [0, 0.1) is 24.4 Å². The van der Waals surface area contributed by atoms with Crippen LogP contribution in [0.1, 0.15) is 124 Å². The number of Topliss-reactive ketones (excluding diaryl/α,β-unsaturated/α-hetero) is 1. The van der Waals surface area contributed by atoms with E-state index in [1.165, 1.54) is 4.90 Å². The predicted octanol–water partition coefficient (Wildman–Crippen LogP) is 6.62. The third-order valence-electron chi connectivity index (χ3n) is 17.3. The number of rotatable bonds is 6. The van der Waals surface area contributed by atoms with Gasteiger partial charge in [-0.1, -0.05) is 43.4 Å². The zero-order valence-corrected chi connectivity index (χ0v) is 40.1. The Kier molecular flexibility index (Phi) is 10.9. The number of fused-ring (bicyclic) bond motifs is 8. The molecule has 5 aliphatic carbocycles. The summed E-state index contributed by atoms with van der Waals surface area (Å²) in [5.41, 5.74) is 6.06. The molecule has 8 atom stereocenters. The van der Waals surface area contributed by atoms with E-state index >= 15 is 4.79 Å². The number of phenols is 1. The van der Waals surface area contributed by atoms with Gasteiger partial charge in [-0.25, -0.2) is 0 Å². The monoisotopic (exact) mass is 973 g/mol. The molecular formula is C58H57N2O12+. The highest BCUT2D eigenvalue weighted by Crippen LogP contribution is 2.60. The second-order valence-corrected chi connectivity index (χ2v) is 21.3. The standard InChI is InChI=1S/C58H56N2O12/c1-68-52-36-14-13-33-24-32-8-5-10-34(32)46-45(33)47(36)49-51(64)48(46)42(62)27-60-26-40-31(7-4-11-35(40)55(60)65)9-6-22-69-54-50(63)44-28-70-43(17-15-37(52)53(49)72-56(71-44)58(54,67)29-61)39-25-59-41-16-12-30(23-38(39)41)18-21-57(66)19-2-3-20-57/h4,7,11-12,15-17,23-25,32,34,43-44,50,54,56,61,63,66-67H,2-3,5,8-10,13-14,18-21,26-29H2,1H3/p+1. The van der Waals surface area contributed by atoms with Crippen LogP contribution in [0.15, 0.2) is 69.9 Å². The third kappa shape index (κ3) is 6.99. The number of methoxy groups -OCH3 is 1. The largest absolute Gasteiger partial charge is 0.506 e. The van der Waals surface area contributed by atoms with Crippen LogP contribution in [0.25, 0.3) is 22.4 Å². The number of ether oxygens (including phenoxy) is 5. The van der Waals surface area contributed by atoms with Crippen molar-refractivity contribution in [2.24, 2.45) is 10.9 Å². The van der Waals surface area contributed by atoms with E-state index in [1.54, 1.807) is 31.5 Å². The van der Waals surface area contributed by atoms with Gasteiger partial charge in [-0.2, -0.15) is 4.99 Å². The molecule has 14 heteroatoms. The Morgan fingerprint density at radius 3 is 2.72 bits per heavy atom. The number of amides is 1. The number of aliphatic hydroxyl groups is 4. The third-order valence-corrected chi connectivity index (χ3v) is 17.3. The normalized spacial score (nSPS) is 30.4. The number of aliphatic imine (C=N–C) groups is 1. The first kappa shape index (κ1) is 45.7. The van der Waals surface area contributed by atoms with Gasteiger partial charge in [0.15, 0.2) is 23.2 Å². The molecule has 1 saturated heterocycles. The number of nitrogens with zero attached hydrogens (tertiary/aromatic N) is 2. The summed E-state index contributed by atoms with van der Waals surface area (Å²) in [7, 11) is 1.57. The SMILES string of the molecule is COc1c2c3c4c(O)c(c5c6c4c1CCC6=CC1CCCC51)C(=O)CN1Cc4c(cccc4C1=O)CC#COC1C(O)C(COC(C4=C5[CH+]C(CCC6(O)CCCC6)=CC=C5N=C4)C=C2)OC(O3)C1(O)CO. The molecule has 0 aromatic heterocycles. The van der Waals surface area contributed by atoms with Crippen LogP contribution < -0.4 is 9.47 Å². The van der Waals surface area contributed by atoms with E-state index in [0.29, 0.717) is 47.9 Å². The number of aromatic hydroxyl groups is 1. The highest BCUT2D eigenvalue weighted by molar-refractivity contribution is 6.17. The maximum absolute atomic E-state index is 15.4. The lowest BCUT2D eigenvalue weighted by Crippen LogP contribution is -2.70. The van der Waals surface area contributed by atoms with E-state index in [-0.39, 0.29) is 66.3 Å². The molecule has 13 rings (SSSR count). The number of hydrogen-bond acceptors (Lipinski definition) is 13. The minimum absolute atomic E-state index is 0.00322. The van der Waals surface area contributed by atoms with Gasteiger partial charge in [0.2, 0.25) is 6.29 Å². The summed E-state index contributed by atoms with van der Waals surface area (Å²) in [5, 5.41) is 61.5. The smallest absolute Gasteiger partial charge is 0.254 e. The highest BCUT2D eigenvalue weighted by atomic mass is 16.7. The molecule has 0 spiro atoms. The minimum Gasteiger partial charge on any atom is -0.506 e. The number of phenolic OH excluding ortho intramolecular Hbond substituents is 1. The summed E-state index contributed by atoms with van der Waals surface area (Å²) in [5.74, 6) is 2.48. The molecular weight excluding hydrogens is 917 g/mol. The number of allylic oxidation sites excluding steroid dienone is 6. The second-order valence-electron chi connectivity index (χ2n) is 21.3. The Morgan fingerprint density at radius 2 is 1.89 bits per heavy atom. The Morgan fingerprint density at radius 1 is 1.03 bits per heavy atom.